The van der Waals surface area contributed by atoms with Gasteiger partial charge in [-0.3, -0.25) is 19.2 Å². The number of nitrogens with zero attached hydrogens (tertiary/aromatic N) is 2. The zero-order valence-corrected chi connectivity index (χ0v) is 20.6. The van der Waals surface area contributed by atoms with Crippen LogP contribution in [0.25, 0.3) is 0 Å². The second kappa shape index (κ2) is 14.7. The predicted molar refractivity (Wildman–Crippen MR) is 133 cm³/mol. The minimum Gasteiger partial charge on any atom is -0.503 e. The van der Waals surface area contributed by atoms with Crippen molar-refractivity contribution < 1.29 is 30.0 Å². The smallest absolute Gasteiger partial charge is 0.320 e. The molecule has 200 valence electrons. The predicted octanol–water partition coefficient (Wildman–Crippen LogP) is 0.889. The van der Waals surface area contributed by atoms with Gasteiger partial charge in [0.05, 0.1) is 5.69 Å². The van der Waals surface area contributed by atoms with Crippen LogP contribution in [0, 0.1) is 13.8 Å². The van der Waals surface area contributed by atoms with Gasteiger partial charge >= 0.3 is 11.9 Å². The van der Waals surface area contributed by atoms with Gasteiger partial charge in [-0.2, -0.15) is 0 Å². The maximum atomic E-state index is 11.1. The summed E-state index contributed by atoms with van der Waals surface area (Å²) in [6, 6.07) is 1.03. The van der Waals surface area contributed by atoms with E-state index in [1.165, 1.54) is 18.3 Å². The number of rotatable bonds is 12. The van der Waals surface area contributed by atoms with Crippen molar-refractivity contribution >= 4 is 11.9 Å². The third kappa shape index (κ3) is 9.92. The van der Waals surface area contributed by atoms with Gasteiger partial charge < -0.3 is 41.0 Å². The van der Waals surface area contributed by atoms with Crippen LogP contribution in [0.15, 0.2) is 34.1 Å². The fraction of sp³-hybridized carbons (Fsp3) is 0.500. The molecule has 0 radical (unpaired) electrons. The highest BCUT2D eigenvalue weighted by Crippen LogP contribution is 2.11. The lowest BCUT2D eigenvalue weighted by atomic mass is 10.1. The molecule has 0 amide bonds. The van der Waals surface area contributed by atoms with Gasteiger partial charge in [-0.05, 0) is 52.4 Å². The lowest BCUT2D eigenvalue weighted by Gasteiger charge is -2.11. The van der Waals surface area contributed by atoms with Crippen molar-refractivity contribution in [2.24, 2.45) is 11.5 Å². The molecule has 1 unspecified atom stereocenters. The zero-order chi connectivity index (χ0) is 27.4. The van der Waals surface area contributed by atoms with Crippen molar-refractivity contribution in [3.8, 4) is 11.5 Å². The van der Waals surface area contributed by atoms with Crippen LogP contribution in [-0.2, 0) is 22.7 Å². The molecular weight excluding hydrogens is 472 g/mol. The third-order valence-corrected chi connectivity index (χ3v) is 5.70. The van der Waals surface area contributed by atoms with Crippen LogP contribution in [-0.4, -0.2) is 53.6 Å². The fourth-order valence-electron chi connectivity index (χ4n) is 3.35. The zero-order valence-electron chi connectivity index (χ0n) is 20.6. The van der Waals surface area contributed by atoms with Crippen molar-refractivity contribution in [2.75, 3.05) is 0 Å². The number of pyridine rings is 2. The van der Waals surface area contributed by atoms with E-state index in [0.717, 1.165) is 18.5 Å². The van der Waals surface area contributed by atoms with E-state index in [-0.39, 0.29) is 11.5 Å². The number of aromatic nitrogens is 2. The molecule has 0 aliphatic heterocycles. The Hall–Kier alpha value is -3.64. The Labute approximate surface area is 208 Å². The number of aliphatic carboxylic acids is 2. The quantitative estimate of drug-likeness (QED) is 0.223. The van der Waals surface area contributed by atoms with Gasteiger partial charge in [0.2, 0.25) is 10.9 Å². The number of carboxylic acids is 2. The Kier molecular flexibility index (Phi) is 12.4. The molecular formula is C24H36N4O8. The number of hydrogen-bond donors (Lipinski definition) is 6. The molecule has 0 aliphatic rings. The first-order valence-corrected chi connectivity index (χ1v) is 11.6. The average Bonchev–Trinajstić information content (AvgIpc) is 2.82. The number of nitrogens with two attached hydrogens (primary N) is 2. The van der Waals surface area contributed by atoms with Crippen LogP contribution in [0.5, 0.6) is 11.5 Å². The van der Waals surface area contributed by atoms with E-state index in [0.29, 0.717) is 44.5 Å². The summed E-state index contributed by atoms with van der Waals surface area (Å²) in [7, 11) is 0. The van der Waals surface area contributed by atoms with Crippen LogP contribution in [0.3, 0.4) is 0 Å². The van der Waals surface area contributed by atoms with Gasteiger partial charge in [-0.1, -0.05) is 0 Å². The van der Waals surface area contributed by atoms with Crippen LogP contribution in [0.2, 0.25) is 0 Å². The molecule has 2 aromatic rings. The van der Waals surface area contributed by atoms with Gasteiger partial charge in [0.1, 0.15) is 12.1 Å². The van der Waals surface area contributed by atoms with Crippen molar-refractivity contribution in [3.05, 3.63) is 56.4 Å². The summed E-state index contributed by atoms with van der Waals surface area (Å²) in [5.74, 6) is -2.50. The number of aromatic hydroxyl groups is 2. The van der Waals surface area contributed by atoms with E-state index in [4.69, 9.17) is 21.7 Å². The fourth-order valence-corrected chi connectivity index (χ4v) is 3.35. The molecule has 0 aromatic carbocycles. The first kappa shape index (κ1) is 30.4. The van der Waals surface area contributed by atoms with E-state index < -0.39 is 34.9 Å². The van der Waals surface area contributed by atoms with Crippen LogP contribution < -0.4 is 22.3 Å². The molecule has 0 fully saturated rings. The Bertz CT molecular complexity index is 1110. The minimum absolute atomic E-state index is 0.236. The summed E-state index contributed by atoms with van der Waals surface area (Å²) >= 11 is 0. The van der Waals surface area contributed by atoms with Crippen LogP contribution in [0.1, 0.15) is 49.9 Å². The Morgan fingerprint density at radius 2 is 1.36 bits per heavy atom. The second-order valence-corrected chi connectivity index (χ2v) is 8.55. The summed E-state index contributed by atoms with van der Waals surface area (Å²) in [6.45, 7) is 4.68. The maximum absolute atomic E-state index is 11.1. The van der Waals surface area contributed by atoms with E-state index >= 15 is 0 Å². The maximum Gasteiger partial charge on any atom is 0.320 e. The topological polar surface area (TPSA) is 211 Å². The first-order valence-electron chi connectivity index (χ1n) is 11.6. The molecule has 2 heterocycles. The second-order valence-electron chi connectivity index (χ2n) is 8.55. The lowest BCUT2D eigenvalue weighted by Crippen LogP contribution is -2.29. The highest BCUT2D eigenvalue weighted by Gasteiger charge is 2.11. The Morgan fingerprint density at radius 1 is 0.861 bits per heavy atom. The molecule has 8 N–H and O–H groups in total. The van der Waals surface area contributed by atoms with Gasteiger partial charge in [0.15, 0.2) is 11.5 Å². The molecule has 0 spiro atoms. The highest BCUT2D eigenvalue weighted by atomic mass is 16.4. The van der Waals surface area contributed by atoms with E-state index in [1.54, 1.807) is 29.2 Å². The van der Waals surface area contributed by atoms with Gasteiger partial charge in [-0.25, -0.2) is 0 Å². The first-order chi connectivity index (χ1) is 16.8. The summed E-state index contributed by atoms with van der Waals surface area (Å²) in [4.78, 5) is 43.3. The van der Waals surface area contributed by atoms with Crippen molar-refractivity contribution in [3.63, 3.8) is 0 Å². The summed E-state index contributed by atoms with van der Waals surface area (Å²) < 4.78 is 3.53. The highest BCUT2D eigenvalue weighted by molar-refractivity contribution is 5.73. The van der Waals surface area contributed by atoms with E-state index in [9.17, 15) is 29.4 Å². The van der Waals surface area contributed by atoms with Crippen molar-refractivity contribution in [2.45, 2.75) is 77.5 Å². The molecule has 36 heavy (non-hydrogen) atoms. The van der Waals surface area contributed by atoms with E-state index in [1.807, 2.05) is 0 Å². The molecule has 2 aromatic heterocycles. The minimum atomic E-state index is -0.993. The SMILES string of the molecule is Cc1c(O)c(=O)ccn1CCCCC(N)C(=O)O.Cc1cc(=O)c(O)cn1CCCC[C@H](N)C(=O)O. The standard InChI is InChI=1S/2C12H18N2O4/c1-8-11(16)10(15)5-7-14(8)6-3-2-4-9(13)12(17)18;1-8-6-10(15)11(16)7-14(8)5-3-2-4-9(13)12(17)18/h5,7,9,16H,2-4,6,13H2,1H3,(H,17,18);6-7,9,16H,2-5,13H2,1H3,(H,17,18)/t;9-/m.0/s1. The molecule has 0 aliphatic carbocycles. The lowest BCUT2D eigenvalue weighted by molar-refractivity contribution is -0.139. The Morgan fingerprint density at radius 3 is 1.86 bits per heavy atom. The molecule has 0 bridgehead atoms. The molecule has 0 saturated carbocycles. The summed E-state index contributed by atoms with van der Waals surface area (Å²) in [5, 5.41) is 36.0. The number of carboxylic acid groups (broad SMARTS) is 2. The van der Waals surface area contributed by atoms with E-state index in [2.05, 4.69) is 0 Å². The molecule has 12 nitrogen and oxygen atoms in total. The number of carbonyl (C=O) groups is 2. The third-order valence-electron chi connectivity index (χ3n) is 5.70. The molecule has 12 heteroatoms. The molecule has 2 atom stereocenters. The van der Waals surface area contributed by atoms with Crippen molar-refractivity contribution in [1.82, 2.24) is 9.13 Å². The van der Waals surface area contributed by atoms with Crippen LogP contribution >= 0.6 is 0 Å². The summed E-state index contributed by atoms with van der Waals surface area (Å²) in [5.41, 5.74) is 11.3. The molecule has 2 rings (SSSR count). The molecule has 0 saturated heterocycles. The summed E-state index contributed by atoms with van der Waals surface area (Å²) in [6.07, 6.45) is 6.69. The van der Waals surface area contributed by atoms with Gasteiger partial charge in [-0.15, -0.1) is 0 Å². The average molecular weight is 509 g/mol. The van der Waals surface area contributed by atoms with Crippen LogP contribution in [0.4, 0.5) is 0 Å². The number of unbranched alkanes of at least 4 members (excludes halogenated alkanes) is 2. The van der Waals surface area contributed by atoms with Gasteiger partial charge in [0.25, 0.3) is 0 Å². The monoisotopic (exact) mass is 508 g/mol. The number of hydrogen-bond acceptors (Lipinski definition) is 8. The van der Waals surface area contributed by atoms with Gasteiger partial charge in [0, 0.05) is 43.3 Å². The largest absolute Gasteiger partial charge is 0.503 e. The van der Waals surface area contributed by atoms with Crippen molar-refractivity contribution in [1.29, 1.82) is 0 Å². The number of aryl methyl sites for hydroxylation is 3. The Balaban J connectivity index is 0.000000360. The normalized spacial score (nSPS) is 12.3.